The molecule has 0 fully saturated rings. The van der Waals surface area contributed by atoms with Gasteiger partial charge in [0.25, 0.3) is 0 Å². The monoisotopic (exact) mass is 391 g/mol. The number of amides is 1. The molecule has 6 heteroatoms. The van der Waals surface area contributed by atoms with E-state index in [-0.39, 0.29) is 18.5 Å². The lowest BCUT2D eigenvalue weighted by molar-refractivity contribution is -0.122. The van der Waals surface area contributed by atoms with Gasteiger partial charge >= 0.3 is 0 Å². The molecule has 0 aliphatic carbocycles. The number of hydrogen-bond acceptors (Lipinski definition) is 4. The van der Waals surface area contributed by atoms with Crippen LogP contribution < -0.4 is 10.1 Å². The summed E-state index contributed by atoms with van der Waals surface area (Å²) in [5.74, 6) is 1.45. The molecule has 2 aromatic carbocycles. The summed E-state index contributed by atoms with van der Waals surface area (Å²) in [4.78, 5) is 18.5. The summed E-state index contributed by atoms with van der Waals surface area (Å²) >= 11 is 1.64. The summed E-state index contributed by atoms with van der Waals surface area (Å²) < 4.78 is 7.80. The average molecular weight is 391 g/mol. The Morgan fingerprint density at radius 1 is 1.11 bits per heavy atom. The van der Waals surface area contributed by atoms with Crippen molar-refractivity contribution in [2.45, 2.75) is 26.1 Å². The number of nitrogens with one attached hydrogen (secondary N) is 1. The molecule has 1 amide bonds. The number of rotatable bonds is 7. The zero-order valence-electron chi connectivity index (χ0n) is 15.5. The number of fused-ring (bicyclic) bond motifs is 1. The van der Waals surface area contributed by atoms with Gasteiger partial charge in [-0.2, -0.15) is 0 Å². The summed E-state index contributed by atoms with van der Waals surface area (Å²) in [6.07, 6.45) is 0. The van der Waals surface area contributed by atoms with Crippen LogP contribution in [0.2, 0.25) is 0 Å². The number of ether oxygens (including phenoxy) is 1. The fourth-order valence-electron chi connectivity index (χ4n) is 3.12. The lowest BCUT2D eigenvalue weighted by atomic mass is 10.2. The molecular formula is C22H21N3O2S. The number of benzene rings is 2. The highest BCUT2D eigenvalue weighted by atomic mass is 32.1. The number of hydrogen-bond donors (Lipinski definition) is 1. The van der Waals surface area contributed by atoms with Gasteiger partial charge in [0.2, 0.25) is 5.91 Å². The predicted molar refractivity (Wildman–Crippen MR) is 111 cm³/mol. The molecule has 0 aliphatic heterocycles. The quantitative estimate of drug-likeness (QED) is 0.503. The van der Waals surface area contributed by atoms with Crippen molar-refractivity contribution in [2.24, 2.45) is 0 Å². The Bertz CT molecular complexity index is 1060. The van der Waals surface area contributed by atoms with Crippen molar-refractivity contribution >= 4 is 28.3 Å². The number of carbonyl (C=O) groups is 1. The maximum absolute atomic E-state index is 12.7. The lowest BCUT2D eigenvalue weighted by Gasteiger charge is -2.14. The standard InChI is InChI=1S/C22H21N3O2S/c1-16(20-12-7-13-28-20)23-22(26)14-25-19-11-6-5-10-18(19)24-21(25)15-27-17-8-3-2-4-9-17/h2-13,16H,14-15H2,1H3,(H,23,26)/t16-/m1/s1. The van der Waals surface area contributed by atoms with E-state index in [0.717, 1.165) is 27.5 Å². The summed E-state index contributed by atoms with van der Waals surface area (Å²) in [5, 5.41) is 5.08. The van der Waals surface area contributed by atoms with Crippen LogP contribution in [0.3, 0.4) is 0 Å². The van der Waals surface area contributed by atoms with Crippen molar-refractivity contribution in [2.75, 3.05) is 0 Å². The number of nitrogens with zero attached hydrogens (tertiary/aromatic N) is 2. The minimum Gasteiger partial charge on any atom is -0.486 e. The Balaban J connectivity index is 1.53. The molecule has 1 N–H and O–H groups in total. The van der Waals surface area contributed by atoms with Crippen molar-refractivity contribution in [3.05, 3.63) is 82.8 Å². The van der Waals surface area contributed by atoms with Crippen LogP contribution in [-0.2, 0) is 17.9 Å². The molecule has 4 aromatic rings. The van der Waals surface area contributed by atoms with Crippen molar-refractivity contribution in [3.63, 3.8) is 0 Å². The molecule has 28 heavy (non-hydrogen) atoms. The molecular weight excluding hydrogens is 370 g/mol. The van der Waals surface area contributed by atoms with Gasteiger partial charge in [-0.15, -0.1) is 11.3 Å². The van der Waals surface area contributed by atoms with Crippen molar-refractivity contribution in [3.8, 4) is 5.75 Å². The van der Waals surface area contributed by atoms with Gasteiger partial charge in [0.1, 0.15) is 24.7 Å². The minimum absolute atomic E-state index is 0.0219. The smallest absolute Gasteiger partial charge is 0.240 e. The van der Waals surface area contributed by atoms with Gasteiger partial charge in [-0.3, -0.25) is 4.79 Å². The van der Waals surface area contributed by atoms with E-state index in [1.54, 1.807) is 11.3 Å². The molecule has 2 aromatic heterocycles. The van der Waals surface area contributed by atoms with E-state index < -0.39 is 0 Å². The zero-order valence-corrected chi connectivity index (χ0v) is 16.4. The third-order valence-electron chi connectivity index (χ3n) is 4.49. The van der Waals surface area contributed by atoms with Gasteiger partial charge in [0.15, 0.2) is 0 Å². The molecule has 5 nitrogen and oxygen atoms in total. The number of imidazole rings is 1. The SMILES string of the molecule is C[C@@H](NC(=O)Cn1c(COc2ccccc2)nc2ccccc21)c1cccs1. The molecule has 142 valence electrons. The fraction of sp³-hybridized carbons (Fsp3) is 0.182. The summed E-state index contributed by atoms with van der Waals surface area (Å²) in [7, 11) is 0. The van der Waals surface area contributed by atoms with Crippen molar-refractivity contribution in [1.82, 2.24) is 14.9 Å². The first-order chi connectivity index (χ1) is 13.7. The van der Waals surface area contributed by atoms with E-state index in [1.807, 2.05) is 83.6 Å². The van der Waals surface area contributed by atoms with Gasteiger partial charge in [-0.05, 0) is 42.6 Å². The Kier molecular flexibility index (Phi) is 5.39. The van der Waals surface area contributed by atoms with Gasteiger partial charge in [-0.1, -0.05) is 36.4 Å². The average Bonchev–Trinajstić information content (AvgIpc) is 3.36. The Hall–Kier alpha value is -3.12. The van der Waals surface area contributed by atoms with E-state index in [0.29, 0.717) is 6.61 Å². The van der Waals surface area contributed by atoms with Crippen molar-refractivity contribution in [1.29, 1.82) is 0 Å². The Morgan fingerprint density at radius 2 is 1.89 bits per heavy atom. The van der Waals surface area contributed by atoms with Gasteiger partial charge in [0.05, 0.1) is 17.1 Å². The lowest BCUT2D eigenvalue weighted by Crippen LogP contribution is -2.30. The van der Waals surface area contributed by atoms with Gasteiger partial charge in [0, 0.05) is 4.88 Å². The predicted octanol–water partition coefficient (Wildman–Crippen LogP) is 4.55. The molecule has 0 spiro atoms. The molecule has 0 saturated carbocycles. The summed E-state index contributed by atoms with van der Waals surface area (Å²) in [5.41, 5.74) is 1.78. The molecule has 4 rings (SSSR count). The Morgan fingerprint density at radius 3 is 2.68 bits per heavy atom. The first kappa shape index (κ1) is 18.3. The Labute approximate surface area is 167 Å². The first-order valence-corrected chi connectivity index (χ1v) is 10.0. The molecule has 2 heterocycles. The van der Waals surface area contributed by atoms with Crippen LogP contribution in [0.15, 0.2) is 72.1 Å². The summed E-state index contributed by atoms with van der Waals surface area (Å²) in [6.45, 7) is 2.49. The van der Waals surface area contributed by atoms with Crippen LogP contribution >= 0.6 is 11.3 Å². The molecule has 0 radical (unpaired) electrons. The van der Waals surface area contributed by atoms with Crippen LogP contribution in [0.4, 0.5) is 0 Å². The second-order valence-electron chi connectivity index (χ2n) is 6.51. The third kappa shape index (κ3) is 4.07. The maximum atomic E-state index is 12.7. The maximum Gasteiger partial charge on any atom is 0.240 e. The van der Waals surface area contributed by atoms with E-state index in [1.165, 1.54) is 0 Å². The number of thiophene rings is 1. The fourth-order valence-corrected chi connectivity index (χ4v) is 3.85. The van der Waals surface area contributed by atoms with E-state index in [9.17, 15) is 4.79 Å². The first-order valence-electron chi connectivity index (χ1n) is 9.15. The molecule has 0 aliphatic rings. The highest BCUT2D eigenvalue weighted by Gasteiger charge is 2.16. The highest BCUT2D eigenvalue weighted by molar-refractivity contribution is 7.10. The third-order valence-corrected chi connectivity index (χ3v) is 5.55. The summed E-state index contributed by atoms with van der Waals surface area (Å²) in [6, 6.07) is 21.4. The minimum atomic E-state index is -0.0509. The van der Waals surface area contributed by atoms with Crippen LogP contribution in [0.1, 0.15) is 23.7 Å². The van der Waals surface area contributed by atoms with Gasteiger partial charge in [-0.25, -0.2) is 4.98 Å². The second-order valence-corrected chi connectivity index (χ2v) is 7.49. The largest absolute Gasteiger partial charge is 0.486 e. The second kappa shape index (κ2) is 8.27. The topological polar surface area (TPSA) is 56.2 Å². The van der Waals surface area contributed by atoms with Crippen LogP contribution in [0.5, 0.6) is 5.75 Å². The number of carbonyl (C=O) groups excluding carboxylic acids is 1. The molecule has 1 atom stereocenters. The van der Waals surface area contributed by atoms with Crippen LogP contribution in [-0.4, -0.2) is 15.5 Å². The van der Waals surface area contributed by atoms with E-state index >= 15 is 0 Å². The number of aromatic nitrogens is 2. The zero-order chi connectivity index (χ0) is 19.3. The van der Waals surface area contributed by atoms with Crippen LogP contribution in [0, 0.1) is 0 Å². The van der Waals surface area contributed by atoms with Crippen LogP contribution in [0.25, 0.3) is 11.0 Å². The van der Waals surface area contributed by atoms with E-state index in [2.05, 4.69) is 10.3 Å². The molecule has 0 bridgehead atoms. The van der Waals surface area contributed by atoms with Crippen molar-refractivity contribution < 1.29 is 9.53 Å². The normalized spacial score (nSPS) is 12.0. The highest BCUT2D eigenvalue weighted by Crippen LogP contribution is 2.20. The van der Waals surface area contributed by atoms with E-state index in [4.69, 9.17) is 4.74 Å². The molecule has 0 saturated heterocycles. The molecule has 0 unspecified atom stereocenters. The van der Waals surface area contributed by atoms with Gasteiger partial charge < -0.3 is 14.6 Å². The number of para-hydroxylation sites is 3.